The molecule has 2 atom stereocenters. The van der Waals surface area contributed by atoms with E-state index in [0.29, 0.717) is 0 Å². The molecule has 1 heteroatoms. The lowest BCUT2D eigenvalue weighted by atomic mass is 10.2. The van der Waals surface area contributed by atoms with E-state index in [0.717, 1.165) is 5.54 Å². The van der Waals surface area contributed by atoms with Crippen molar-refractivity contribution in [3.63, 3.8) is 0 Å². The second-order valence-electron chi connectivity index (χ2n) is 4.93. The van der Waals surface area contributed by atoms with Gasteiger partial charge in [0.05, 0.1) is 8.07 Å². The maximum absolute atomic E-state index is 2.58. The van der Waals surface area contributed by atoms with Gasteiger partial charge in [0.15, 0.2) is 0 Å². The topological polar surface area (TPSA) is 0 Å². The number of benzene rings is 1. The van der Waals surface area contributed by atoms with Crippen molar-refractivity contribution in [2.24, 2.45) is 0 Å². The van der Waals surface area contributed by atoms with Gasteiger partial charge in [0.25, 0.3) is 0 Å². The molecule has 1 aromatic carbocycles. The molecule has 0 radical (unpaired) electrons. The van der Waals surface area contributed by atoms with E-state index < -0.39 is 8.07 Å². The highest BCUT2D eigenvalue weighted by Gasteiger charge is 2.36. The van der Waals surface area contributed by atoms with Gasteiger partial charge >= 0.3 is 0 Å². The van der Waals surface area contributed by atoms with Crippen molar-refractivity contribution < 1.29 is 0 Å². The van der Waals surface area contributed by atoms with Crippen LogP contribution in [0.15, 0.2) is 30.3 Å². The molecule has 0 aliphatic carbocycles. The monoisotopic (exact) mass is 204 g/mol. The third-order valence-corrected chi connectivity index (χ3v) is 9.61. The van der Waals surface area contributed by atoms with Crippen molar-refractivity contribution in [1.29, 1.82) is 0 Å². The van der Waals surface area contributed by atoms with Crippen LogP contribution >= 0.6 is 0 Å². The van der Waals surface area contributed by atoms with Crippen LogP contribution < -0.4 is 5.19 Å². The molecule has 1 aliphatic rings. The summed E-state index contributed by atoms with van der Waals surface area (Å²) in [5.74, 6) is 0. The number of hydrogen-bond acceptors (Lipinski definition) is 0. The second-order valence-corrected chi connectivity index (χ2v) is 9.83. The molecule has 76 valence electrons. The molecule has 0 amide bonds. The van der Waals surface area contributed by atoms with Crippen LogP contribution in [0.4, 0.5) is 0 Å². The van der Waals surface area contributed by atoms with Crippen LogP contribution in [-0.4, -0.2) is 8.07 Å². The zero-order valence-electron chi connectivity index (χ0n) is 9.29. The van der Waals surface area contributed by atoms with Crippen molar-refractivity contribution >= 4 is 13.3 Å². The van der Waals surface area contributed by atoms with E-state index >= 15 is 0 Å². The van der Waals surface area contributed by atoms with Gasteiger partial charge in [-0.15, -0.1) is 0 Å². The summed E-state index contributed by atoms with van der Waals surface area (Å²) in [6.45, 7) is 5.05. The van der Waals surface area contributed by atoms with Gasteiger partial charge in [-0.1, -0.05) is 74.3 Å². The molecule has 1 heterocycles. The Morgan fingerprint density at radius 3 is 2.50 bits per heavy atom. The first-order valence-corrected chi connectivity index (χ1v) is 8.57. The minimum Gasteiger partial charge on any atom is -0.0650 e. The minimum atomic E-state index is -1.12. The Balaban J connectivity index is 2.30. The Hall–Kier alpha value is -0.563. The highest BCUT2D eigenvalue weighted by Crippen LogP contribution is 2.36. The van der Waals surface area contributed by atoms with Crippen molar-refractivity contribution in [2.45, 2.75) is 44.3 Å². The molecule has 0 nitrogen and oxygen atoms in total. The summed E-state index contributed by atoms with van der Waals surface area (Å²) in [7, 11) is -1.12. The normalized spacial score (nSPS) is 32.9. The quantitative estimate of drug-likeness (QED) is 0.614. The van der Waals surface area contributed by atoms with Crippen LogP contribution in [0.2, 0.25) is 18.1 Å². The van der Waals surface area contributed by atoms with Gasteiger partial charge in [-0.3, -0.25) is 0 Å². The zero-order chi connectivity index (χ0) is 10.0. The highest BCUT2D eigenvalue weighted by atomic mass is 28.3. The SMILES string of the molecule is CC1CCCC[Si]1(C)c1ccccc1. The summed E-state index contributed by atoms with van der Waals surface area (Å²) in [6.07, 6.45) is 4.37. The summed E-state index contributed by atoms with van der Waals surface area (Å²) in [5, 5.41) is 1.67. The summed E-state index contributed by atoms with van der Waals surface area (Å²) < 4.78 is 0. The van der Waals surface area contributed by atoms with Gasteiger partial charge in [-0.05, 0) is 5.54 Å². The Bertz CT molecular complexity index is 293. The third-order valence-electron chi connectivity index (χ3n) is 4.10. The van der Waals surface area contributed by atoms with Crippen LogP contribution in [0.5, 0.6) is 0 Å². The first-order chi connectivity index (χ1) is 6.73. The minimum absolute atomic E-state index is 0.971. The maximum Gasteiger partial charge on any atom is 0.0864 e. The lowest BCUT2D eigenvalue weighted by molar-refractivity contribution is 0.639. The predicted molar refractivity (Wildman–Crippen MR) is 65.8 cm³/mol. The van der Waals surface area contributed by atoms with Gasteiger partial charge in [-0.2, -0.15) is 0 Å². The van der Waals surface area contributed by atoms with Gasteiger partial charge < -0.3 is 0 Å². The molecule has 2 rings (SSSR count). The molecule has 14 heavy (non-hydrogen) atoms. The van der Waals surface area contributed by atoms with Crippen LogP contribution in [-0.2, 0) is 0 Å². The highest BCUT2D eigenvalue weighted by molar-refractivity contribution is 6.92. The van der Waals surface area contributed by atoms with E-state index in [2.05, 4.69) is 43.8 Å². The second kappa shape index (κ2) is 3.89. The van der Waals surface area contributed by atoms with Gasteiger partial charge in [0.2, 0.25) is 0 Å². The Kier molecular flexibility index (Phi) is 2.77. The Morgan fingerprint density at radius 1 is 1.14 bits per heavy atom. The van der Waals surface area contributed by atoms with E-state index in [4.69, 9.17) is 0 Å². The first-order valence-electron chi connectivity index (χ1n) is 5.79. The molecule has 2 unspecified atom stereocenters. The molecule has 0 saturated carbocycles. The fraction of sp³-hybridized carbons (Fsp3) is 0.538. The van der Waals surface area contributed by atoms with Crippen LogP contribution in [0.3, 0.4) is 0 Å². The number of rotatable bonds is 1. The first kappa shape index (κ1) is 9.97. The predicted octanol–water partition coefficient (Wildman–Crippen LogP) is 3.55. The molecule has 0 N–H and O–H groups in total. The molecule has 0 aromatic heterocycles. The smallest absolute Gasteiger partial charge is 0.0650 e. The van der Waals surface area contributed by atoms with Crippen LogP contribution in [0.1, 0.15) is 26.2 Å². The fourth-order valence-corrected chi connectivity index (χ4v) is 6.89. The lowest BCUT2D eigenvalue weighted by Crippen LogP contribution is -2.49. The van der Waals surface area contributed by atoms with E-state index in [-0.39, 0.29) is 0 Å². The Morgan fingerprint density at radius 2 is 1.86 bits per heavy atom. The third kappa shape index (κ3) is 1.65. The van der Waals surface area contributed by atoms with E-state index in [1.54, 1.807) is 5.19 Å². The molecule has 0 bridgehead atoms. The molecule has 1 aromatic rings. The lowest BCUT2D eigenvalue weighted by Gasteiger charge is -2.38. The van der Waals surface area contributed by atoms with Crippen molar-refractivity contribution in [2.75, 3.05) is 0 Å². The van der Waals surface area contributed by atoms with Crippen molar-refractivity contribution in [3.05, 3.63) is 30.3 Å². The standard InChI is InChI=1S/C13H20Si/c1-12-8-6-7-11-14(12,2)13-9-4-3-5-10-13/h3-5,9-10,12H,6-8,11H2,1-2H3. The van der Waals surface area contributed by atoms with Crippen LogP contribution in [0.25, 0.3) is 0 Å². The zero-order valence-corrected chi connectivity index (χ0v) is 10.3. The van der Waals surface area contributed by atoms with Crippen molar-refractivity contribution in [1.82, 2.24) is 0 Å². The molecule has 0 spiro atoms. The largest absolute Gasteiger partial charge is 0.0864 e. The average Bonchev–Trinajstić information content (AvgIpc) is 2.24. The maximum atomic E-state index is 2.58. The molecule has 1 aliphatic heterocycles. The summed E-state index contributed by atoms with van der Waals surface area (Å²) in [5.41, 5.74) is 0.971. The van der Waals surface area contributed by atoms with E-state index in [9.17, 15) is 0 Å². The molecular weight excluding hydrogens is 184 g/mol. The average molecular weight is 204 g/mol. The van der Waals surface area contributed by atoms with Crippen LogP contribution in [0, 0.1) is 0 Å². The fourth-order valence-electron chi connectivity index (χ4n) is 2.76. The number of hydrogen-bond donors (Lipinski definition) is 0. The van der Waals surface area contributed by atoms with Gasteiger partial charge in [0.1, 0.15) is 0 Å². The van der Waals surface area contributed by atoms with E-state index in [1.807, 2.05) is 0 Å². The summed E-state index contributed by atoms with van der Waals surface area (Å²) in [6, 6.07) is 12.7. The van der Waals surface area contributed by atoms with Crippen molar-refractivity contribution in [3.8, 4) is 0 Å². The van der Waals surface area contributed by atoms with E-state index in [1.165, 1.54) is 25.3 Å². The molecule has 1 fully saturated rings. The van der Waals surface area contributed by atoms with Gasteiger partial charge in [0, 0.05) is 0 Å². The molecular formula is C13H20Si. The Labute approximate surface area is 88.4 Å². The summed E-state index contributed by atoms with van der Waals surface area (Å²) >= 11 is 0. The molecule has 1 saturated heterocycles. The summed E-state index contributed by atoms with van der Waals surface area (Å²) in [4.78, 5) is 0. The van der Waals surface area contributed by atoms with Gasteiger partial charge in [-0.25, -0.2) is 0 Å².